The molecule has 1 aromatic heterocycles. The standard InChI is InChI=1S/C27H40F2N6OS/c1-26(2,3)24-31-22-17-21(7-8-23(22)35(24)18-19-9-11-27(28,29)12-10-19)32(4)37-34-15-13-33(14-16-34)25(36)30-20-5-6-20/h7-8,17,19-20H,5-6,9-16,18H2,1-4H3,(H,30,36). The van der Waals surface area contributed by atoms with Crippen molar-refractivity contribution < 1.29 is 13.6 Å². The molecule has 3 aliphatic rings. The third-order valence-electron chi connectivity index (χ3n) is 7.71. The van der Waals surface area contributed by atoms with Gasteiger partial charge in [-0.05, 0) is 49.8 Å². The van der Waals surface area contributed by atoms with Gasteiger partial charge in [-0.25, -0.2) is 22.9 Å². The van der Waals surface area contributed by atoms with Crippen LogP contribution in [-0.2, 0) is 12.0 Å². The number of nitrogens with zero attached hydrogens (tertiary/aromatic N) is 5. The van der Waals surface area contributed by atoms with Crippen LogP contribution in [0.4, 0.5) is 19.3 Å². The largest absolute Gasteiger partial charge is 0.335 e. The maximum Gasteiger partial charge on any atom is 0.317 e. The minimum Gasteiger partial charge on any atom is -0.335 e. The number of anilines is 1. The number of hydrogen-bond acceptors (Lipinski definition) is 5. The molecule has 1 saturated heterocycles. The van der Waals surface area contributed by atoms with E-state index in [-0.39, 0.29) is 30.2 Å². The van der Waals surface area contributed by atoms with Gasteiger partial charge in [-0.2, -0.15) is 0 Å². The van der Waals surface area contributed by atoms with Crippen molar-refractivity contribution in [2.45, 2.75) is 83.2 Å². The molecule has 1 aromatic carbocycles. The predicted octanol–water partition coefficient (Wildman–Crippen LogP) is 5.65. The van der Waals surface area contributed by atoms with Gasteiger partial charge in [-0.3, -0.25) is 0 Å². The highest BCUT2D eigenvalue weighted by atomic mass is 32.2. The fourth-order valence-corrected chi connectivity index (χ4v) is 6.18. The molecule has 2 heterocycles. The molecule has 2 aromatic rings. The van der Waals surface area contributed by atoms with Gasteiger partial charge in [0.05, 0.1) is 16.7 Å². The lowest BCUT2D eigenvalue weighted by atomic mass is 9.86. The van der Waals surface area contributed by atoms with Crippen molar-refractivity contribution in [2.75, 3.05) is 37.5 Å². The summed E-state index contributed by atoms with van der Waals surface area (Å²) in [5.74, 6) is -1.25. The maximum absolute atomic E-state index is 13.7. The average molecular weight is 535 g/mol. The van der Waals surface area contributed by atoms with Gasteiger partial charge in [0.1, 0.15) is 5.82 Å². The van der Waals surface area contributed by atoms with Gasteiger partial charge in [0, 0.05) is 76.2 Å². The minimum atomic E-state index is -2.51. The molecule has 1 aliphatic heterocycles. The Balaban J connectivity index is 1.25. The lowest BCUT2D eigenvalue weighted by molar-refractivity contribution is -0.0473. The number of hydrogen-bond donors (Lipinski definition) is 1. The molecule has 0 unspecified atom stereocenters. The molecule has 5 rings (SSSR count). The van der Waals surface area contributed by atoms with Crippen LogP contribution in [0.15, 0.2) is 18.2 Å². The Hall–Kier alpha value is -2.07. The highest BCUT2D eigenvalue weighted by Crippen LogP contribution is 2.38. The highest BCUT2D eigenvalue weighted by molar-refractivity contribution is 7.98. The van der Waals surface area contributed by atoms with Crippen molar-refractivity contribution in [1.82, 2.24) is 24.1 Å². The molecule has 2 aliphatic carbocycles. The first-order chi connectivity index (χ1) is 17.5. The Morgan fingerprint density at radius 1 is 1.14 bits per heavy atom. The molecule has 2 amide bonds. The van der Waals surface area contributed by atoms with Gasteiger partial charge in [-0.15, -0.1) is 0 Å². The molecule has 7 nitrogen and oxygen atoms in total. The molecule has 2 saturated carbocycles. The van der Waals surface area contributed by atoms with Crippen LogP contribution >= 0.6 is 12.1 Å². The Labute approximate surface area is 223 Å². The summed E-state index contributed by atoms with van der Waals surface area (Å²) in [6, 6.07) is 6.83. The summed E-state index contributed by atoms with van der Waals surface area (Å²) in [5.41, 5.74) is 2.93. The first-order valence-electron chi connectivity index (χ1n) is 13.6. The second kappa shape index (κ2) is 10.2. The number of halogens is 2. The van der Waals surface area contributed by atoms with E-state index in [1.54, 1.807) is 12.1 Å². The number of carbonyl (C=O) groups excluding carboxylic acids is 1. The summed E-state index contributed by atoms with van der Waals surface area (Å²) in [7, 11) is 2.06. The number of fused-ring (bicyclic) bond motifs is 1. The van der Waals surface area contributed by atoms with Crippen molar-refractivity contribution in [3.63, 3.8) is 0 Å². The van der Waals surface area contributed by atoms with E-state index in [0.29, 0.717) is 18.9 Å². The number of benzene rings is 1. The Morgan fingerprint density at radius 3 is 2.43 bits per heavy atom. The lowest BCUT2D eigenvalue weighted by Crippen LogP contribution is -2.51. The molecule has 37 heavy (non-hydrogen) atoms. The minimum absolute atomic E-state index is 0.0131. The van der Waals surface area contributed by atoms with E-state index < -0.39 is 5.92 Å². The van der Waals surface area contributed by atoms with Crippen molar-refractivity contribution in [2.24, 2.45) is 5.92 Å². The number of nitrogens with one attached hydrogen (secondary N) is 1. The van der Waals surface area contributed by atoms with Gasteiger partial charge >= 0.3 is 6.03 Å². The lowest BCUT2D eigenvalue weighted by Gasteiger charge is -2.35. The van der Waals surface area contributed by atoms with Crippen LogP contribution in [0.2, 0.25) is 0 Å². The van der Waals surface area contributed by atoms with Crippen LogP contribution in [0.25, 0.3) is 11.0 Å². The zero-order chi connectivity index (χ0) is 26.4. The molecule has 204 valence electrons. The van der Waals surface area contributed by atoms with Crippen molar-refractivity contribution in [1.29, 1.82) is 0 Å². The van der Waals surface area contributed by atoms with Crippen LogP contribution in [0.1, 0.15) is 65.1 Å². The molecule has 3 fully saturated rings. The summed E-state index contributed by atoms with van der Waals surface area (Å²) in [5, 5.41) is 3.08. The number of amides is 2. The molecule has 0 atom stereocenters. The molecular formula is C27H40F2N6OS. The van der Waals surface area contributed by atoms with Crippen molar-refractivity contribution in [3.05, 3.63) is 24.0 Å². The third-order valence-corrected chi connectivity index (χ3v) is 8.76. The number of carbonyl (C=O) groups is 1. The Bertz CT molecular complexity index is 1110. The van der Waals surface area contributed by atoms with Crippen LogP contribution < -0.4 is 9.62 Å². The average Bonchev–Trinajstić information content (AvgIpc) is 3.58. The molecule has 1 N–H and O–H groups in total. The van der Waals surface area contributed by atoms with Crippen LogP contribution in [0, 0.1) is 5.92 Å². The van der Waals surface area contributed by atoms with Gasteiger partial charge < -0.3 is 19.1 Å². The second-order valence-electron chi connectivity index (χ2n) is 12.0. The fraction of sp³-hybridized carbons (Fsp3) is 0.704. The van der Waals surface area contributed by atoms with Crippen molar-refractivity contribution in [3.8, 4) is 0 Å². The number of alkyl halides is 2. The van der Waals surface area contributed by atoms with E-state index >= 15 is 0 Å². The molecule has 0 bridgehead atoms. The first kappa shape index (κ1) is 26.5. The number of aromatic nitrogens is 2. The quantitative estimate of drug-likeness (QED) is 0.486. The Morgan fingerprint density at radius 2 is 1.81 bits per heavy atom. The molecular weight excluding hydrogens is 494 g/mol. The van der Waals surface area contributed by atoms with E-state index in [9.17, 15) is 13.6 Å². The second-order valence-corrected chi connectivity index (χ2v) is 13.2. The molecule has 0 spiro atoms. The van der Waals surface area contributed by atoms with Crippen LogP contribution in [-0.4, -0.2) is 70.0 Å². The fourth-order valence-electron chi connectivity index (χ4n) is 5.30. The zero-order valence-electron chi connectivity index (χ0n) is 22.5. The number of urea groups is 1. The first-order valence-corrected chi connectivity index (χ1v) is 14.3. The summed E-state index contributed by atoms with van der Waals surface area (Å²) in [4.78, 5) is 19.3. The smallest absolute Gasteiger partial charge is 0.317 e. The zero-order valence-corrected chi connectivity index (χ0v) is 23.3. The van der Waals surface area contributed by atoms with E-state index in [1.807, 2.05) is 4.90 Å². The summed E-state index contributed by atoms with van der Waals surface area (Å²) in [6.45, 7) is 10.3. The molecule has 10 heteroatoms. The summed E-state index contributed by atoms with van der Waals surface area (Å²) < 4.78 is 34.2. The van der Waals surface area contributed by atoms with Gasteiger partial charge in [0.2, 0.25) is 5.92 Å². The number of imidazole rings is 1. The predicted molar refractivity (Wildman–Crippen MR) is 146 cm³/mol. The number of piperazine rings is 1. The monoisotopic (exact) mass is 534 g/mol. The van der Waals surface area contributed by atoms with Crippen molar-refractivity contribution >= 4 is 34.9 Å². The normalized spacial score (nSPS) is 21.4. The Kier molecular flexibility index (Phi) is 7.35. The topological polar surface area (TPSA) is 56.6 Å². The maximum atomic E-state index is 13.7. The van der Waals surface area contributed by atoms with Gasteiger partial charge in [0.25, 0.3) is 0 Å². The molecule has 0 radical (unpaired) electrons. The summed E-state index contributed by atoms with van der Waals surface area (Å²) >= 11 is 1.67. The van der Waals surface area contributed by atoms with E-state index in [4.69, 9.17) is 4.98 Å². The van der Waals surface area contributed by atoms with E-state index in [1.165, 1.54) is 0 Å². The summed E-state index contributed by atoms with van der Waals surface area (Å²) in [6.07, 6.45) is 3.30. The van der Waals surface area contributed by atoms with Crippen LogP contribution in [0.3, 0.4) is 0 Å². The third kappa shape index (κ3) is 6.33. The SMILES string of the molecule is CN(SN1CCN(C(=O)NC2CC2)CC1)c1ccc2c(c1)nc(C(C)(C)C)n2CC1CCC(F)(F)CC1. The van der Waals surface area contributed by atoms with Gasteiger partial charge in [0.15, 0.2) is 0 Å². The van der Waals surface area contributed by atoms with Crippen LogP contribution in [0.5, 0.6) is 0 Å². The number of rotatable bonds is 6. The van der Waals surface area contributed by atoms with E-state index in [2.05, 4.69) is 64.5 Å². The highest BCUT2D eigenvalue weighted by Gasteiger charge is 2.36. The van der Waals surface area contributed by atoms with Gasteiger partial charge in [-0.1, -0.05) is 20.8 Å². The van der Waals surface area contributed by atoms with E-state index in [0.717, 1.165) is 68.1 Å².